The van der Waals surface area contributed by atoms with Gasteiger partial charge in [-0.1, -0.05) is 24.3 Å². The number of hydrogen-bond donors (Lipinski definition) is 0. The van der Waals surface area contributed by atoms with E-state index in [4.69, 9.17) is 4.74 Å². The summed E-state index contributed by atoms with van der Waals surface area (Å²) in [6.07, 6.45) is 0. The smallest absolute Gasteiger partial charge is 0.338 e. The average Bonchev–Trinajstić information content (AvgIpc) is 2.47. The monoisotopic (exact) mass is 380 g/mol. The molecular formula is C16H13IO3. The van der Waals surface area contributed by atoms with E-state index in [0.717, 1.165) is 3.57 Å². The molecule has 0 N–H and O–H groups in total. The Morgan fingerprint density at radius 3 is 2.25 bits per heavy atom. The molecule has 4 heteroatoms. The van der Waals surface area contributed by atoms with Crippen LogP contribution in [-0.4, -0.2) is 18.4 Å². The first-order valence-electron chi connectivity index (χ1n) is 6.19. The lowest BCUT2D eigenvalue weighted by Crippen LogP contribution is -2.07. The van der Waals surface area contributed by atoms with Crippen LogP contribution < -0.4 is 0 Å². The Hall–Kier alpha value is -1.69. The third-order valence-corrected chi connectivity index (χ3v) is 3.39. The number of ether oxygens (including phenoxy) is 1. The molecule has 0 bridgehead atoms. The highest BCUT2D eigenvalue weighted by molar-refractivity contribution is 14.1. The van der Waals surface area contributed by atoms with E-state index in [9.17, 15) is 9.59 Å². The van der Waals surface area contributed by atoms with Crippen LogP contribution in [0, 0.1) is 3.57 Å². The van der Waals surface area contributed by atoms with Crippen molar-refractivity contribution in [2.45, 2.75) is 6.92 Å². The first-order valence-corrected chi connectivity index (χ1v) is 7.27. The van der Waals surface area contributed by atoms with Crippen LogP contribution in [0.15, 0.2) is 48.5 Å². The number of esters is 1. The summed E-state index contributed by atoms with van der Waals surface area (Å²) in [6.45, 7) is 2.06. The summed E-state index contributed by atoms with van der Waals surface area (Å²) in [7, 11) is 0. The Morgan fingerprint density at radius 2 is 1.60 bits per heavy atom. The van der Waals surface area contributed by atoms with Gasteiger partial charge < -0.3 is 4.74 Å². The molecule has 0 unspecified atom stereocenters. The largest absolute Gasteiger partial charge is 0.462 e. The normalized spacial score (nSPS) is 10.1. The molecule has 0 radical (unpaired) electrons. The molecule has 20 heavy (non-hydrogen) atoms. The molecule has 0 heterocycles. The number of benzene rings is 2. The van der Waals surface area contributed by atoms with Crippen LogP contribution in [-0.2, 0) is 4.74 Å². The van der Waals surface area contributed by atoms with Crippen molar-refractivity contribution in [2.75, 3.05) is 6.61 Å². The topological polar surface area (TPSA) is 43.4 Å². The van der Waals surface area contributed by atoms with Crippen molar-refractivity contribution in [3.8, 4) is 0 Å². The van der Waals surface area contributed by atoms with Gasteiger partial charge in [0.05, 0.1) is 12.2 Å². The van der Waals surface area contributed by atoms with Gasteiger partial charge in [0.2, 0.25) is 0 Å². The Morgan fingerprint density at radius 1 is 1.00 bits per heavy atom. The molecule has 0 saturated heterocycles. The molecule has 0 amide bonds. The van der Waals surface area contributed by atoms with Crippen LogP contribution >= 0.6 is 22.6 Å². The van der Waals surface area contributed by atoms with Gasteiger partial charge in [-0.3, -0.25) is 4.79 Å². The highest BCUT2D eigenvalue weighted by Crippen LogP contribution is 2.15. The van der Waals surface area contributed by atoms with E-state index in [0.29, 0.717) is 23.3 Å². The molecule has 2 aromatic rings. The van der Waals surface area contributed by atoms with Gasteiger partial charge in [0.15, 0.2) is 5.78 Å². The van der Waals surface area contributed by atoms with Gasteiger partial charge in [-0.15, -0.1) is 0 Å². The molecule has 3 nitrogen and oxygen atoms in total. The summed E-state index contributed by atoms with van der Waals surface area (Å²) in [5, 5.41) is 0. The first-order chi connectivity index (χ1) is 9.61. The van der Waals surface area contributed by atoms with Gasteiger partial charge in [-0.05, 0) is 53.8 Å². The van der Waals surface area contributed by atoms with Crippen molar-refractivity contribution in [1.82, 2.24) is 0 Å². The lowest BCUT2D eigenvalue weighted by atomic mass is 10.0. The molecular weight excluding hydrogens is 367 g/mol. The van der Waals surface area contributed by atoms with Gasteiger partial charge >= 0.3 is 5.97 Å². The maximum Gasteiger partial charge on any atom is 0.338 e. The van der Waals surface area contributed by atoms with Crippen molar-refractivity contribution in [3.63, 3.8) is 0 Å². The highest BCUT2D eigenvalue weighted by Gasteiger charge is 2.13. The van der Waals surface area contributed by atoms with Crippen LogP contribution in [0.1, 0.15) is 33.2 Å². The number of carbonyl (C=O) groups is 2. The van der Waals surface area contributed by atoms with Crippen LogP contribution in [0.5, 0.6) is 0 Å². The summed E-state index contributed by atoms with van der Waals surface area (Å²) in [5.74, 6) is -0.514. The van der Waals surface area contributed by atoms with E-state index in [1.807, 2.05) is 18.2 Å². The van der Waals surface area contributed by atoms with Gasteiger partial charge in [-0.2, -0.15) is 0 Å². The molecule has 0 aliphatic heterocycles. The van der Waals surface area contributed by atoms with Crippen molar-refractivity contribution < 1.29 is 14.3 Å². The molecule has 0 spiro atoms. The quantitative estimate of drug-likeness (QED) is 0.462. The summed E-state index contributed by atoms with van der Waals surface area (Å²) in [4.78, 5) is 24.1. The molecule has 0 aliphatic carbocycles. The fourth-order valence-electron chi connectivity index (χ4n) is 1.80. The van der Waals surface area contributed by atoms with Crippen molar-refractivity contribution >= 4 is 34.3 Å². The van der Waals surface area contributed by atoms with E-state index in [2.05, 4.69) is 22.6 Å². The minimum Gasteiger partial charge on any atom is -0.462 e. The molecule has 0 fully saturated rings. The molecule has 0 atom stereocenters. The van der Waals surface area contributed by atoms with E-state index >= 15 is 0 Å². The lowest BCUT2D eigenvalue weighted by molar-refractivity contribution is 0.0526. The van der Waals surface area contributed by atoms with Gasteiger partial charge in [0, 0.05) is 14.7 Å². The maximum absolute atomic E-state index is 12.4. The lowest BCUT2D eigenvalue weighted by Gasteiger charge is -2.05. The zero-order valence-corrected chi connectivity index (χ0v) is 13.1. The highest BCUT2D eigenvalue weighted by atomic mass is 127. The average molecular weight is 380 g/mol. The van der Waals surface area contributed by atoms with Gasteiger partial charge in [0.1, 0.15) is 0 Å². The Balaban J connectivity index is 2.31. The fourth-order valence-corrected chi connectivity index (χ4v) is 2.34. The molecule has 2 rings (SSSR count). The van der Waals surface area contributed by atoms with E-state index in [-0.39, 0.29) is 5.78 Å². The first kappa shape index (κ1) is 14.7. The Bertz CT molecular complexity index is 650. The number of carbonyl (C=O) groups excluding carboxylic acids is 2. The Labute approximate surface area is 131 Å². The molecule has 2 aromatic carbocycles. The Kier molecular flexibility index (Phi) is 4.89. The molecule has 0 aliphatic rings. The van der Waals surface area contributed by atoms with Crippen molar-refractivity contribution in [1.29, 1.82) is 0 Å². The van der Waals surface area contributed by atoms with Crippen LogP contribution in [0.3, 0.4) is 0 Å². The minimum atomic E-state index is -0.412. The van der Waals surface area contributed by atoms with E-state index in [1.165, 1.54) is 0 Å². The second-order valence-corrected chi connectivity index (χ2v) is 5.39. The van der Waals surface area contributed by atoms with E-state index < -0.39 is 5.97 Å². The summed E-state index contributed by atoms with van der Waals surface area (Å²) < 4.78 is 5.93. The van der Waals surface area contributed by atoms with Crippen LogP contribution in [0.25, 0.3) is 0 Å². The molecule has 0 aromatic heterocycles. The predicted molar refractivity (Wildman–Crippen MR) is 85.0 cm³/mol. The van der Waals surface area contributed by atoms with Gasteiger partial charge in [-0.25, -0.2) is 4.79 Å². The van der Waals surface area contributed by atoms with Crippen LogP contribution in [0.2, 0.25) is 0 Å². The fraction of sp³-hybridized carbons (Fsp3) is 0.125. The maximum atomic E-state index is 12.4. The van der Waals surface area contributed by atoms with Crippen molar-refractivity contribution in [2.24, 2.45) is 0 Å². The predicted octanol–water partition coefficient (Wildman–Crippen LogP) is 3.70. The zero-order valence-electron chi connectivity index (χ0n) is 10.9. The van der Waals surface area contributed by atoms with E-state index in [1.54, 1.807) is 37.3 Å². The minimum absolute atomic E-state index is 0.102. The zero-order chi connectivity index (χ0) is 14.5. The number of hydrogen-bond acceptors (Lipinski definition) is 3. The number of halogens is 1. The third kappa shape index (κ3) is 3.45. The summed E-state index contributed by atoms with van der Waals surface area (Å²) in [5.41, 5.74) is 1.48. The standard InChI is InChI=1S/C16H13IO3/c1-2-20-16(19)13-7-3-5-11(9-13)15(18)12-6-4-8-14(17)10-12/h3-10H,2H2,1H3. The van der Waals surface area contributed by atoms with Gasteiger partial charge in [0.25, 0.3) is 0 Å². The SMILES string of the molecule is CCOC(=O)c1cccc(C(=O)c2cccc(I)c2)c1. The second-order valence-electron chi connectivity index (χ2n) is 4.14. The van der Waals surface area contributed by atoms with Crippen LogP contribution in [0.4, 0.5) is 0 Å². The second kappa shape index (κ2) is 6.65. The summed E-state index contributed by atoms with van der Waals surface area (Å²) in [6, 6.07) is 13.9. The molecule has 102 valence electrons. The number of rotatable bonds is 4. The summed E-state index contributed by atoms with van der Waals surface area (Å²) >= 11 is 2.16. The third-order valence-electron chi connectivity index (χ3n) is 2.72. The molecule has 0 saturated carbocycles. The number of ketones is 1. The van der Waals surface area contributed by atoms with Crippen molar-refractivity contribution in [3.05, 3.63) is 68.8 Å².